The molecule has 0 unspecified atom stereocenters. The smallest absolute Gasteiger partial charge is 0.410 e. The normalized spacial score (nSPS) is 18.7. The van der Waals surface area contributed by atoms with Gasteiger partial charge in [0, 0.05) is 25.7 Å². The topological polar surface area (TPSA) is 102 Å². The summed E-state index contributed by atoms with van der Waals surface area (Å²) in [7, 11) is 0. The molecule has 1 aliphatic rings. The van der Waals surface area contributed by atoms with Crippen molar-refractivity contribution in [1.29, 1.82) is 0 Å². The van der Waals surface area contributed by atoms with E-state index in [1.165, 1.54) is 12.4 Å². The van der Waals surface area contributed by atoms with Gasteiger partial charge in [0.2, 0.25) is 5.95 Å². The van der Waals surface area contributed by atoms with E-state index >= 15 is 0 Å². The zero-order chi connectivity index (χ0) is 17.2. The molecular weight excluding hydrogens is 302 g/mol. The predicted octanol–water partition coefficient (Wildman–Crippen LogP) is 1.83. The lowest BCUT2D eigenvalue weighted by molar-refractivity contribution is -0.385. The van der Waals surface area contributed by atoms with Gasteiger partial charge in [-0.15, -0.1) is 0 Å². The Hall–Kier alpha value is -2.45. The first-order valence-corrected chi connectivity index (χ1v) is 7.38. The van der Waals surface area contributed by atoms with Crippen molar-refractivity contribution in [2.75, 3.05) is 24.5 Å². The number of aromatic nitrogens is 2. The molecule has 9 nitrogen and oxygen atoms in total. The quantitative estimate of drug-likeness (QED) is 0.604. The van der Waals surface area contributed by atoms with E-state index in [2.05, 4.69) is 9.97 Å². The average molecular weight is 323 g/mol. The molecule has 0 aliphatic carbocycles. The van der Waals surface area contributed by atoms with Gasteiger partial charge < -0.3 is 14.5 Å². The molecule has 9 heteroatoms. The monoisotopic (exact) mass is 323 g/mol. The van der Waals surface area contributed by atoms with Gasteiger partial charge in [0.1, 0.15) is 18.0 Å². The zero-order valence-electron chi connectivity index (χ0n) is 13.7. The highest BCUT2D eigenvalue weighted by molar-refractivity contribution is 5.69. The van der Waals surface area contributed by atoms with Crippen molar-refractivity contribution in [1.82, 2.24) is 14.9 Å². The van der Waals surface area contributed by atoms with Crippen molar-refractivity contribution in [3.05, 3.63) is 22.5 Å². The van der Waals surface area contributed by atoms with Crippen LogP contribution in [-0.2, 0) is 4.74 Å². The van der Waals surface area contributed by atoms with Crippen LogP contribution in [-0.4, -0.2) is 57.2 Å². The molecule has 1 amide bonds. The molecule has 23 heavy (non-hydrogen) atoms. The fraction of sp³-hybridized carbons (Fsp3) is 0.643. The van der Waals surface area contributed by atoms with E-state index in [-0.39, 0.29) is 17.8 Å². The Morgan fingerprint density at radius 3 is 2.43 bits per heavy atom. The lowest BCUT2D eigenvalue weighted by Gasteiger charge is -2.40. The second-order valence-electron chi connectivity index (χ2n) is 6.47. The van der Waals surface area contributed by atoms with Gasteiger partial charge in [-0.05, 0) is 27.7 Å². The summed E-state index contributed by atoms with van der Waals surface area (Å²) in [5.74, 6) is 0.422. The lowest BCUT2D eigenvalue weighted by Crippen LogP contribution is -2.55. The predicted molar refractivity (Wildman–Crippen MR) is 83.3 cm³/mol. The molecule has 0 N–H and O–H groups in total. The first kappa shape index (κ1) is 16.9. The number of nitrogens with zero attached hydrogens (tertiary/aromatic N) is 5. The molecule has 1 aromatic heterocycles. The van der Waals surface area contributed by atoms with Crippen LogP contribution in [0.3, 0.4) is 0 Å². The highest BCUT2D eigenvalue weighted by atomic mass is 16.6. The standard InChI is InChI=1S/C14H21N5O4/c1-10-9-17(12-15-7-11(8-16-12)19(21)22)5-6-18(10)13(20)23-14(2,3)4/h7-8,10H,5-6,9H2,1-4H3/t10-/m1/s1. The Bertz CT molecular complexity index is 584. The molecule has 126 valence electrons. The summed E-state index contributed by atoms with van der Waals surface area (Å²) in [5, 5.41) is 10.6. The fourth-order valence-corrected chi connectivity index (χ4v) is 2.30. The number of rotatable bonds is 2. The lowest BCUT2D eigenvalue weighted by atomic mass is 10.2. The molecule has 0 bridgehead atoms. The van der Waals surface area contributed by atoms with Crippen LogP contribution in [0.1, 0.15) is 27.7 Å². The summed E-state index contributed by atoms with van der Waals surface area (Å²) in [5.41, 5.74) is -0.677. The molecule has 1 fully saturated rings. The number of amides is 1. The Labute approximate surface area is 134 Å². The first-order valence-electron chi connectivity index (χ1n) is 7.38. The summed E-state index contributed by atoms with van der Waals surface area (Å²) >= 11 is 0. The van der Waals surface area contributed by atoms with E-state index in [1.807, 2.05) is 32.6 Å². The third kappa shape index (κ3) is 4.27. The van der Waals surface area contributed by atoms with Gasteiger partial charge in [0.05, 0.1) is 4.92 Å². The molecule has 1 atom stereocenters. The number of carbonyl (C=O) groups is 1. The number of ether oxygens (including phenoxy) is 1. The number of hydrogen-bond acceptors (Lipinski definition) is 7. The number of piperazine rings is 1. The van der Waals surface area contributed by atoms with Gasteiger partial charge in [0.25, 0.3) is 0 Å². The van der Waals surface area contributed by atoms with Crippen molar-refractivity contribution in [2.45, 2.75) is 39.3 Å². The second-order valence-corrected chi connectivity index (χ2v) is 6.47. The van der Waals surface area contributed by atoms with Crippen LogP contribution in [0.5, 0.6) is 0 Å². The van der Waals surface area contributed by atoms with E-state index in [0.717, 1.165) is 0 Å². The van der Waals surface area contributed by atoms with E-state index in [9.17, 15) is 14.9 Å². The van der Waals surface area contributed by atoms with Crippen LogP contribution >= 0.6 is 0 Å². The van der Waals surface area contributed by atoms with Crippen molar-refractivity contribution in [3.8, 4) is 0 Å². The van der Waals surface area contributed by atoms with E-state index in [4.69, 9.17) is 4.74 Å². The molecule has 1 aromatic rings. The highest BCUT2D eigenvalue weighted by Crippen LogP contribution is 2.19. The van der Waals surface area contributed by atoms with Crippen LogP contribution < -0.4 is 4.90 Å². The van der Waals surface area contributed by atoms with Crippen LogP contribution in [0, 0.1) is 10.1 Å². The molecule has 1 saturated heterocycles. The molecule has 2 heterocycles. The maximum atomic E-state index is 12.2. The van der Waals surface area contributed by atoms with Gasteiger partial charge in [-0.2, -0.15) is 0 Å². The van der Waals surface area contributed by atoms with E-state index < -0.39 is 10.5 Å². The largest absolute Gasteiger partial charge is 0.444 e. The third-order valence-corrected chi connectivity index (χ3v) is 3.37. The van der Waals surface area contributed by atoms with Gasteiger partial charge in [-0.3, -0.25) is 10.1 Å². The fourth-order valence-electron chi connectivity index (χ4n) is 2.30. The molecule has 0 radical (unpaired) electrons. The summed E-state index contributed by atoms with van der Waals surface area (Å²) in [6, 6.07) is -0.0719. The molecule has 1 aliphatic heterocycles. The van der Waals surface area contributed by atoms with Crippen molar-refractivity contribution < 1.29 is 14.5 Å². The highest BCUT2D eigenvalue weighted by Gasteiger charge is 2.31. The number of hydrogen-bond donors (Lipinski definition) is 0. The summed E-state index contributed by atoms with van der Waals surface area (Å²) in [4.78, 5) is 33.9. The Morgan fingerprint density at radius 2 is 1.96 bits per heavy atom. The van der Waals surface area contributed by atoms with Gasteiger partial charge in [-0.25, -0.2) is 14.8 Å². The molecule has 0 spiro atoms. The summed E-state index contributed by atoms with van der Waals surface area (Å²) < 4.78 is 5.39. The van der Waals surface area contributed by atoms with Gasteiger partial charge in [-0.1, -0.05) is 0 Å². The molecule has 2 rings (SSSR count). The van der Waals surface area contributed by atoms with Crippen LogP contribution in [0.4, 0.5) is 16.4 Å². The van der Waals surface area contributed by atoms with E-state index in [0.29, 0.717) is 25.6 Å². The average Bonchev–Trinajstić information content (AvgIpc) is 2.45. The minimum Gasteiger partial charge on any atom is -0.444 e. The number of nitro groups is 1. The minimum absolute atomic E-state index is 0.0719. The summed E-state index contributed by atoms with van der Waals surface area (Å²) in [6.45, 7) is 8.97. The third-order valence-electron chi connectivity index (χ3n) is 3.37. The second kappa shape index (κ2) is 6.35. The van der Waals surface area contributed by atoms with Gasteiger partial charge >= 0.3 is 11.8 Å². The van der Waals surface area contributed by atoms with Crippen molar-refractivity contribution >= 4 is 17.7 Å². The summed E-state index contributed by atoms with van der Waals surface area (Å²) in [6.07, 6.45) is 2.04. The van der Waals surface area contributed by atoms with Crippen LogP contribution in [0.2, 0.25) is 0 Å². The Balaban J connectivity index is 2.00. The van der Waals surface area contributed by atoms with Crippen LogP contribution in [0.25, 0.3) is 0 Å². The zero-order valence-corrected chi connectivity index (χ0v) is 13.7. The molecule has 0 saturated carbocycles. The van der Waals surface area contributed by atoms with Gasteiger partial charge in [0.15, 0.2) is 0 Å². The van der Waals surface area contributed by atoms with Crippen LogP contribution in [0.15, 0.2) is 12.4 Å². The van der Waals surface area contributed by atoms with Crippen molar-refractivity contribution in [3.63, 3.8) is 0 Å². The first-order chi connectivity index (χ1) is 10.7. The molecular formula is C14H21N5O4. The number of anilines is 1. The van der Waals surface area contributed by atoms with E-state index in [1.54, 1.807) is 4.90 Å². The minimum atomic E-state index is -0.535. The Morgan fingerprint density at radius 1 is 1.35 bits per heavy atom. The number of carbonyl (C=O) groups excluding carboxylic acids is 1. The SMILES string of the molecule is C[C@@H]1CN(c2ncc([N+](=O)[O-])cn2)CCN1C(=O)OC(C)(C)C. The maximum Gasteiger partial charge on any atom is 0.410 e. The molecule has 0 aromatic carbocycles. The Kier molecular flexibility index (Phi) is 4.67. The maximum absolute atomic E-state index is 12.2. The van der Waals surface area contributed by atoms with Crippen molar-refractivity contribution in [2.24, 2.45) is 0 Å².